The van der Waals surface area contributed by atoms with Crippen LogP contribution < -0.4 is 10.6 Å². The molecule has 88 valence electrons. The summed E-state index contributed by atoms with van der Waals surface area (Å²) in [7, 11) is 2.17. The molecule has 16 heavy (non-hydrogen) atoms. The van der Waals surface area contributed by atoms with E-state index in [4.69, 9.17) is 5.73 Å². The largest absolute Gasteiger partial charge is 0.355 e. The van der Waals surface area contributed by atoms with Crippen LogP contribution >= 0.6 is 0 Å². The Labute approximate surface area is 97.1 Å². The van der Waals surface area contributed by atoms with Crippen LogP contribution in [-0.2, 0) is 6.54 Å². The average Bonchev–Trinajstić information content (AvgIpc) is 2.54. The Morgan fingerprint density at radius 3 is 3.00 bits per heavy atom. The van der Waals surface area contributed by atoms with E-state index in [0.717, 1.165) is 31.0 Å². The molecule has 0 aliphatic carbocycles. The van der Waals surface area contributed by atoms with Crippen molar-refractivity contribution in [3.8, 4) is 0 Å². The van der Waals surface area contributed by atoms with Gasteiger partial charge in [0.1, 0.15) is 5.82 Å². The van der Waals surface area contributed by atoms with Crippen molar-refractivity contribution in [2.45, 2.75) is 13.0 Å². The molecule has 0 atom stereocenters. The summed E-state index contributed by atoms with van der Waals surface area (Å²) < 4.78 is 0. The van der Waals surface area contributed by atoms with Crippen molar-refractivity contribution >= 4 is 5.82 Å². The number of aromatic nitrogens is 1. The third-order valence-corrected chi connectivity index (χ3v) is 3.09. The summed E-state index contributed by atoms with van der Waals surface area (Å²) in [6.45, 7) is 5.01. The van der Waals surface area contributed by atoms with Gasteiger partial charge >= 0.3 is 0 Å². The quantitative estimate of drug-likeness (QED) is 0.796. The van der Waals surface area contributed by atoms with Crippen LogP contribution in [0, 0.1) is 0 Å². The van der Waals surface area contributed by atoms with Crippen LogP contribution in [-0.4, -0.2) is 43.1 Å². The summed E-state index contributed by atoms with van der Waals surface area (Å²) in [6, 6.07) is 4.08. The zero-order valence-electron chi connectivity index (χ0n) is 9.89. The van der Waals surface area contributed by atoms with E-state index in [2.05, 4.69) is 27.9 Å². The fraction of sp³-hybridized carbons (Fsp3) is 0.583. The number of anilines is 1. The van der Waals surface area contributed by atoms with E-state index in [1.165, 1.54) is 13.0 Å². The van der Waals surface area contributed by atoms with E-state index in [1.807, 2.05) is 12.3 Å². The second-order valence-corrected chi connectivity index (χ2v) is 4.37. The first-order valence-electron chi connectivity index (χ1n) is 5.88. The van der Waals surface area contributed by atoms with Crippen LogP contribution in [0.25, 0.3) is 0 Å². The molecule has 1 aromatic heterocycles. The number of nitrogens with two attached hydrogens (primary N) is 1. The molecule has 0 amide bonds. The van der Waals surface area contributed by atoms with Crippen LogP contribution in [0.1, 0.15) is 12.0 Å². The molecule has 0 radical (unpaired) electrons. The van der Waals surface area contributed by atoms with E-state index >= 15 is 0 Å². The molecule has 2 heterocycles. The van der Waals surface area contributed by atoms with Crippen molar-refractivity contribution in [2.75, 3.05) is 38.1 Å². The summed E-state index contributed by atoms with van der Waals surface area (Å²) in [4.78, 5) is 9.15. The Morgan fingerprint density at radius 2 is 2.19 bits per heavy atom. The Kier molecular flexibility index (Phi) is 3.74. The van der Waals surface area contributed by atoms with Gasteiger partial charge in [0.15, 0.2) is 0 Å². The molecule has 1 fully saturated rings. The lowest BCUT2D eigenvalue weighted by Gasteiger charge is -2.21. The van der Waals surface area contributed by atoms with Gasteiger partial charge < -0.3 is 15.5 Å². The highest BCUT2D eigenvalue weighted by Crippen LogP contribution is 2.14. The average molecular weight is 220 g/mol. The van der Waals surface area contributed by atoms with Crippen LogP contribution in [0.2, 0.25) is 0 Å². The Bertz CT molecular complexity index is 340. The molecular formula is C12H20N4. The second kappa shape index (κ2) is 5.27. The fourth-order valence-electron chi connectivity index (χ4n) is 2.04. The highest BCUT2D eigenvalue weighted by molar-refractivity contribution is 5.41. The molecule has 4 heteroatoms. The lowest BCUT2D eigenvalue weighted by Crippen LogP contribution is -2.29. The van der Waals surface area contributed by atoms with Gasteiger partial charge in [0.25, 0.3) is 0 Å². The van der Waals surface area contributed by atoms with Gasteiger partial charge in [-0.05, 0) is 37.7 Å². The van der Waals surface area contributed by atoms with E-state index in [9.17, 15) is 0 Å². The zero-order chi connectivity index (χ0) is 11.4. The molecule has 0 bridgehead atoms. The highest BCUT2D eigenvalue weighted by atomic mass is 15.2. The number of hydrogen-bond donors (Lipinski definition) is 1. The normalized spacial score (nSPS) is 18.5. The fourth-order valence-corrected chi connectivity index (χ4v) is 2.04. The van der Waals surface area contributed by atoms with Crippen molar-refractivity contribution < 1.29 is 0 Å². The molecule has 0 unspecified atom stereocenters. The van der Waals surface area contributed by atoms with E-state index in [-0.39, 0.29) is 0 Å². The smallest absolute Gasteiger partial charge is 0.128 e. The molecule has 0 spiro atoms. The van der Waals surface area contributed by atoms with Gasteiger partial charge in [-0.15, -0.1) is 0 Å². The lowest BCUT2D eigenvalue weighted by molar-refractivity contribution is 0.360. The van der Waals surface area contributed by atoms with Crippen molar-refractivity contribution in [3.05, 3.63) is 23.9 Å². The highest BCUT2D eigenvalue weighted by Gasteiger charge is 2.13. The SMILES string of the molecule is CN1CCCN(c2cc(CN)ccn2)CC1. The molecular weight excluding hydrogens is 200 g/mol. The van der Waals surface area contributed by atoms with Gasteiger partial charge in [-0.25, -0.2) is 4.98 Å². The van der Waals surface area contributed by atoms with E-state index in [1.54, 1.807) is 0 Å². The monoisotopic (exact) mass is 220 g/mol. The van der Waals surface area contributed by atoms with Gasteiger partial charge in [-0.1, -0.05) is 0 Å². The summed E-state index contributed by atoms with van der Waals surface area (Å²) >= 11 is 0. The minimum absolute atomic E-state index is 0.587. The number of hydrogen-bond acceptors (Lipinski definition) is 4. The van der Waals surface area contributed by atoms with Crippen molar-refractivity contribution in [2.24, 2.45) is 5.73 Å². The predicted molar refractivity (Wildman–Crippen MR) is 66.5 cm³/mol. The molecule has 1 saturated heterocycles. The maximum Gasteiger partial charge on any atom is 0.128 e. The minimum Gasteiger partial charge on any atom is -0.355 e. The molecule has 0 aromatic carbocycles. The van der Waals surface area contributed by atoms with Crippen LogP contribution in [0.15, 0.2) is 18.3 Å². The first-order chi connectivity index (χ1) is 7.79. The number of nitrogens with zero attached hydrogens (tertiary/aromatic N) is 3. The molecule has 1 aliphatic rings. The van der Waals surface area contributed by atoms with Crippen LogP contribution in [0.3, 0.4) is 0 Å². The summed E-state index contributed by atoms with van der Waals surface area (Å²) in [5.74, 6) is 1.07. The molecule has 0 saturated carbocycles. The standard InChI is InChI=1S/C12H20N4/c1-15-5-2-6-16(8-7-15)12-9-11(10-13)3-4-14-12/h3-4,9H,2,5-8,10,13H2,1H3. The third-order valence-electron chi connectivity index (χ3n) is 3.09. The summed E-state index contributed by atoms with van der Waals surface area (Å²) in [6.07, 6.45) is 3.05. The summed E-state index contributed by atoms with van der Waals surface area (Å²) in [5.41, 5.74) is 6.80. The molecule has 4 nitrogen and oxygen atoms in total. The van der Waals surface area contributed by atoms with E-state index < -0.39 is 0 Å². The second-order valence-electron chi connectivity index (χ2n) is 4.37. The van der Waals surface area contributed by atoms with Crippen molar-refractivity contribution in [1.29, 1.82) is 0 Å². The number of likely N-dealkylation sites (N-methyl/N-ethyl adjacent to an activating group) is 1. The molecule has 2 N–H and O–H groups in total. The van der Waals surface area contributed by atoms with Crippen molar-refractivity contribution in [3.63, 3.8) is 0 Å². The molecule has 1 aliphatic heterocycles. The number of rotatable bonds is 2. The van der Waals surface area contributed by atoms with Gasteiger partial charge in [0, 0.05) is 32.4 Å². The number of pyridine rings is 1. The van der Waals surface area contributed by atoms with Gasteiger partial charge in [0.05, 0.1) is 0 Å². The Morgan fingerprint density at radius 1 is 1.31 bits per heavy atom. The minimum atomic E-state index is 0.587. The van der Waals surface area contributed by atoms with Crippen molar-refractivity contribution in [1.82, 2.24) is 9.88 Å². The Balaban J connectivity index is 2.10. The predicted octanol–water partition coefficient (Wildman–Crippen LogP) is 0.682. The topological polar surface area (TPSA) is 45.4 Å². The summed E-state index contributed by atoms with van der Waals surface area (Å²) in [5, 5.41) is 0. The first-order valence-corrected chi connectivity index (χ1v) is 5.88. The first kappa shape index (κ1) is 11.4. The zero-order valence-corrected chi connectivity index (χ0v) is 9.89. The lowest BCUT2D eigenvalue weighted by atomic mass is 10.2. The van der Waals surface area contributed by atoms with Gasteiger partial charge in [-0.2, -0.15) is 0 Å². The van der Waals surface area contributed by atoms with Gasteiger partial charge in [-0.3, -0.25) is 0 Å². The maximum atomic E-state index is 5.65. The third kappa shape index (κ3) is 2.71. The van der Waals surface area contributed by atoms with E-state index in [0.29, 0.717) is 6.54 Å². The Hall–Kier alpha value is -1.13. The molecule has 2 rings (SSSR count). The van der Waals surface area contributed by atoms with Crippen LogP contribution in [0.4, 0.5) is 5.82 Å². The maximum absolute atomic E-state index is 5.65. The molecule has 1 aromatic rings. The van der Waals surface area contributed by atoms with Crippen LogP contribution in [0.5, 0.6) is 0 Å². The van der Waals surface area contributed by atoms with Gasteiger partial charge in [0.2, 0.25) is 0 Å².